The van der Waals surface area contributed by atoms with Gasteiger partial charge in [-0.2, -0.15) is 0 Å². The Kier molecular flexibility index (Phi) is 9.50. The summed E-state index contributed by atoms with van der Waals surface area (Å²) in [5.74, 6) is 4.12. The molecule has 1 aromatic rings. The molecule has 9 heterocycles. The summed E-state index contributed by atoms with van der Waals surface area (Å²) >= 11 is 0. The molecule has 16 aliphatic rings. The normalized spacial score (nSPS) is 44.5. The third-order valence-electron chi connectivity index (χ3n) is 22.0. The first kappa shape index (κ1) is 41.6. The first-order valence-corrected chi connectivity index (χ1v) is 27.6. The Labute approximate surface area is 393 Å². The van der Waals surface area contributed by atoms with Gasteiger partial charge in [0.15, 0.2) is 11.4 Å². The predicted molar refractivity (Wildman–Crippen MR) is 254 cm³/mol. The summed E-state index contributed by atoms with van der Waals surface area (Å²) < 4.78 is 14.5. The molecule has 12 bridgehead atoms. The highest BCUT2D eigenvalue weighted by atomic mass is 16.6. The smallest absolute Gasteiger partial charge is 0.339 e. The van der Waals surface area contributed by atoms with Crippen molar-refractivity contribution in [1.82, 2.24) is 9.80 Å². The number of nitrogens with zero attached hydrogens (tertiary/aromatic N) is 2. The SMILES string of the molecule is C[C@H]1CC2=C3[C@@H]4C5=C6C(=C[C@H]41)CC[C@H](C1CCCCC1)C[C@H]1[C@]64C(=O)O/C(=C(/O)C[C@@H](CC6CCCCC6)N6C[C@H]7C[C@@H](C6)[C@@H](CC2)N3C7)[C@@]4(CC5)[C@]12OC(=O)c1c(CCCN)cccc12. The van der Waals surface area contributed by atoms with E-state index in [1.54, 1.807) is 11.3 Å². The Bertz CT molecular complexity index is 2380. The quantitative estimate of drug-likeness (QED) is 0.272. The molecule has 9 aliphatic heterocycles. The Morgan fingerprint density at radius 3 is 2.55 bits per heavy atom. The number of carbonyl (C=O) groups excluding carboxylic acids is 2. The predicted octanol–water partition coefficient (Wildman–Crippen LogP) is 11.0. The fourth-order valence-electron chi connectivity index (χ4n) is 19.7. The van der Waals surface area contributed by atoms with Gasteiger partial charge in [0.1, 0.15) is 11.2 Å². The van der Waals surface area contributed by atoms with Crippen molar-refractivity contribution in [3.63, 3.8) is 0 Å². The number of nitrogens with two attached hydrogens (primary N) is 1. The minimum absolute atomic E-state index is 0.165. The molecule has 0 amide bonds. The number of aliphatic hydroxyl groups excluding tert-OH is 1. The van der Waals surface area contributed by atoms with Gasteiger partial charge in [0.25, 0.3) is 0 Å². The largest absolute Gasteiger partial charge is 0.509 e. The van der Waals surface area contributed by atoms with Crippen molar-refractivity contribution in [3.05, 3.63) is 80.5 Å². The van der Waals surface area contributed by atoms with Crippen molar-refractivity contribution < 1.29 is 24.2 Å². The number of aryl methyl sites for hydroxylation is 1. The van der Waals surface area contributed by atoms with E-state index in [4.69, 9.17) is 15.2 Å². The average Bonchev–Trinajstić information content (AvgIpc) is 3.78. The van der Waals surface area contributed by atoms with Gasteiger partial charge in [0, 0.05) is 61.2 Å². The summed E-state index contributed by atoms with van der Waals surface area (Å²) in [5.41, 5.74) is 13.2. The van der Waals surface area contributed by atoms with E-state index in [1.165, 1.54) is 107 Å². The van der Waals surface area contributed by atoms with Crippen LogP contribution in [0.25, 0.3) is 0 Å². The molecule has 0 aromatic heterocycles. The van der Waals surface area contributed by atoms with E-state index in [0.29, 0.717) is 84.6 Å². The maximum absolute atomic E-state index is 16.3. The molecule has 3 N–H and O–H groups in total. The fraction of sp³-hybridized carbons (Fsp3) is 0.724. The van der Waals surface area contributed by atoms with Gasteiger partial charge in [0.05, 0.1) is 11.0 Å². The molecule has 3 spiro atoms. The van der Waals surface area contributed by atoms with Gasteiger partial charge in [-0.15, -0.1) is 0 Å². The Morgan fingerprint density at radius 1 is 0.879 bits per heavy atom. The summed E-state index contributed by atoms with van der Waals surface area (Å²) in [6.07, 6.45) is 27.9. The minimum Gasteiger partial charge on any atom is -0.509 e. The number of aliphatic hydroxyl groups is 1. The van der Waals surface area contributed by atoms with E-state index in [1.807, 2.05) is 0 Å². The Morgan fingerprint density at radius 2 is 1.71 bits per heavy atom. The molecule has 7 aliphatic carbocycles. The molecule has 1 aromatic carbocycles. The van der Waals surface area contributed by atoms with Gasteiger partial charge in [-0.3, -0.25) is 9.69 Å². The number of ether oxygens (including phenoxy) is 2. The molecule has 66 heavy (non-hydrogen) atoms. The second-order valence-corrected chi connectivity index (χ2v) is 24.7. The van der Waals surface area contributed by atoms with E-state index < -0.39 is 16.4 Å². The van der Waals surface area contributed by atoms with Crippen LogP contribution in [0.1, 0.15) is 170 Å². The van der Waals surface area contributed by atoms with Gasteiger partial charge < -0.3 is 25.2 Å². The number of piperidine rings is 2. The minimum atomic E-state index is -1.12. The summed E-state index contributed by atoms with van der Waals surface area (Å²) in [4.78, 5) is 37.2. The summed E-state index contributed by atoms with van der Waals surface area (Å²) in [7, 11) is 0. The molecule has 3 saturated heterocycles. The molecule has 8 nitrogen and oxygen atoms in total. The fourth-order valence-corrected chi connectivity index (χ4v) is 19.7. The lowest BCUT2D eigenvalue weighted by atomic mass is 9.27. The molecular formula is C58H75N3O5. The zero-order valence-electron chi connectivity index (χ0n) is 39.8. The van der Waals surface area contributed by atoms with Gasteiger partial charge >= 0.3 is 11.9 Å². The van der Waals surface area contributed by atoms with Gasteiger partial charge in [-0.05, 0) is 142 Å². The highest BCUT2D eigenvalue weighted by molar-refractivity contribution is 6.01. The third-order valence-corrected chi connectivity index (χ3v) is 22.0. The number of hydrogen-bond acceptors (Lipinski definition) is 8. The second-order valence-electron chi connectivity index (χ2n) is 24.7. The molecule has 4 saturated carbocycles. The van der Waals surface area contributed by atoms with Crippen LogP contribution in [-0.4, -0.2) is 65.1 Å². The Hall–Kier alpha value is -3.36. The van der Waals surface area contributed by atoms with Gasteiger partial charge in [-0.1, -0.05) is 107 Å². The van der Waals surface area contributed by atoms with Crippen molar-refractivity contribution in [1.29, 1.82) is 0 Å². The maximum Gasteiger partial charge on any atom is 0.339 e. The van der Waals surface area contributed by atoms with Crippen LogP contribution < -0.4 is 5.73 Å². The number of allylic oxidation sites excluding steroid dienone is 4. The number of rotatable bonds is 6. The standard InChI is InChI=1S/C58H75N3O5/c1-33-24-40-19-20-46-41-25-35-30-60(32-41)42(26-34-10-4-2-5-11-34)29-47(62)53-56-22-21-43-50(52(40)61(46)31-35)44(33)27-39-18-17-38(36-12-6-3-7-13-36)28-48(57(56,51(39)43)55(64)65-53)58(56)45-16-8-14-37(15-9-23-59)49(45)54(63)66-58/h8,14,16,27,33-36,38,41-42,44,46,48,50,62H,2-7,9-13,15,17-26,28-32,59H2,1H3/b53-47+/t33-,35+,38-,41-,42+,44-,46+,48-,50+,56+,57+,58+/m0/s1. The van der Waals surface area contributed by atoms with Crippen molar-refractivity contribution in [3.8, 4) is 0 Å². The van der Waals surface area contributed by atoms with E-state index >= 15 is 9.59 Å². The zero-order chi connectivity index (χ0) is 44.3. The van der Waals surface area contributed by atoms with E-state index in [0.717, 1.165) is 69.3 Å². The van der Waals surface area contributed by atoms with Crippen LogP contribution in [0.15, 0.2) is 63.8 Å². The monoisotopic (exact) mass is 894 g/mol. The second kappa shape index (κ2) is 15.1. The molecule has 0 radical (unpaired) electrons. The lowest BCUT2D eigenvalue weighted by Gasteiger charge is -2.72. The van der Waals surface area contributed by atoms with Crippen molar-refractivity contribution in [2.24, 2.45) is 69.8 Å². The summed E-state index contributed by atoms with van der Waals surface area (Å²) in [6.45, 7) is 6.39. The van der Waals surface area contributed by atoms with Crippen LogP contribution in [-0.2, 0) is 26.3 Å². The number of fused-ring (bicyclic) bond motifs is 3. The number of carbonyl (C=O) groups is 2. The number of benzene rings is 1. The van der Waals surface area contributed by atoms with Crippen LogP contribution >= 0.6 is 0 Å². The average molecular weight is 894 g/mol. The van der Waals surface area contributed by atoms with E-state index in [9.17, 15) is 5.11 Å². The highest BCUT2D eigenvalue weighted by Crippen LogP contribution is 2.88. The molecule has 8 heteroatoms. The van der Waals surface area contributed by atoms with Crippen molar-refractivity contribution in [2.75, 3.05) is 26.2 Å². The molecule has 13 atom stereocenters. The molecule has 1 unspecified atom stereocenters. The van der Waals surface area contributed by atoms with E-state index in [2.05, 4.69) is 41.0 Å². The summed E-state index contributed by atoms with van der Waals surface area (Å²) in [6, 6.07) is 7.14. The lowest BCUT2D eigenvalue weighted by molar-refractivity contribution is -0.281. The van der Waals surface area contributed by atoms with Crippen molar-refractivity contribution in [2.45, 2.75) is 172 Å². The molecule has 7 fully saturated rings. The topological polar surface area (TPSA) is 105 Å². The van der Waals surface area contributed by atoms with E-state index in [-0.39, 0.29) is 35.6 Å². The van der Waals surface area contributed by atoms with Crippen molar-refractivity contribution >= 4 is 11.9 Å². The van der Waals surface area contributed by atoms with Gasteiger partial charge in [-0.25, -0.2) is 4.79 Å². The summed E-state index contributed by atoms with van der Waals surface area (Å²) in [5, 5.41) is 13.4. The highest BCUT2D eigenvalue weighted by Gasteiger charge is 2.94. The van der Waals surface area contributed by atoms with Crippen LogP contribution in [0, 0.1) is 64.1 Å². The molecular weight excluding hydrogens is 819 g/mol. The maximum atomic E-state index is 16.3. The van der Waals surface area contributed by atoms with Crippen LogP contribution in [0.3, 0.4) is 0 Å². The van der Waals surface area contributed by atoms with Crippen LogP contribution in [0.4, 0.5) is 0 Å². The number of hydrogen-bond donors (Lipinski definition) is 2. The van der Waals surface area contributed by atoms with Gasteiger partial charge in [0.2, 0.25) is 0 Å². The number of esters is 2. The lowest BCUT2D eigenvalue weighted by Crippen LogP contribution is -2.77. The first-order chi connectivity index (χ1) is 32.3. The zero-order valence-corrected chi connectivity index (χ0v) is 39.8. The molecule has 352 valence electrons. The Balaban J connectivity index is 1.04. The third kappa shape index (κ3) is 5.30. The first-order valence-electron chi connectivity index (χ1n) is 27.6. The van der Waals surface area contributed by atoms with Crippen LogP contribution in [0.5, 0.6) is 0 Å². The molecule has 17 rings (SSSR count). The van der Waals surface area contributed by atoms with Crippen LogP contribution in [0.2, 0.25) is 0 Å².